The first-order valence-corrected chi connectivity index (χ1v) is 6.46. The number of nitrogens with one attached hydrogen (secondary N) is 1. The van der Waals surface area contributed by atoms with Crippen molar-refractivity contribution < 1.29 is 14.3 Å². The van der Waals surface area contributed by atoms with Crippen molar-refractivity contribution in [3.8, 4) is 5.75 Å². The molecular weight excluding hydrogens is 252 g/mol. The fourth-order valence-electron chi connectivity index (χ4n) is 1.66. The molecule has 0 saturated carbocycles. The van der Waals surface area contributed by atoms with Crippen molar-refractivity contribution in [2.75, 3.05) is 19.0 Å². The van der Waals surface area contributed by atoms with E-state index in [0.29, 0.717) is 6.54 Å². The number of thioether (sulfide) groups is 1. The predicted molar refractivity (Wildman–Crippen MR) is 70.8 cm³/mol. The summed E-state index contributed by atoms with van der Waals surface area (Å²) in [6.07, 6.45) is 0. The van der Waals surface area contributed by atoms with Crippen molar-refractivity contribution in [3.05, 3.63) is 24.3 Å². The van der Waals surface area contributed by atoms with Gasteiger partial charge in [-0.2, -0.15) is 0 Å². The molecule has 1 aliphatic heterocycles. The number of ether oxygens (including phenoxy) is 1. The lowest BCUT2D eigenvalue weighted by atomic mass is 10.3. The summed E-state index contributed by atoms with van der Waals surface area (Å²) in [7, 11) is 1.59. The Balaban J connectivity index is 2.05. The molecule has 5 nitrogen and oxygen atoms in total. The van der Waals surface area contributed by atoms with Gasteiger partial charge in [-0.15, -0.1) is 0 Å². The Kier molecular flexibility index (Phi) is 3.76. The van der Waals surface area contributed by atoms with Crippen LogP contribution in [-0.2, 0) is 4.79 Å². The van der Waals surface area contributed by atoms with Crippen molar-refractivity contribution in [1.82, 2.24) is 4.90 Å². The highest BCUT2D eigenvalue weighted by molar-refractivity contribution is 8.15. The van der Waals surface area contributed by atoms with E-state index in [1.165, 1.54) is 4.90 Å². The third-order valence-corrected chi connectivity index (χ3v) is 3.61. The molecule has 1 unspecified atom stereocenters. The van der Waals surface area contributed by atoms with Crippen molar-refractivity contribution in [1.29, 1.82) is 0 Å². The molecule has 1 atom stereocenters. The normalized spacial score (nSPS) is 19.2. The molecule has 1 saturated heterocycles. The summed E-state index contributed by atoms with van der Waals surface area (Å²) in [6.45, 7) is 2.19. The Morgan fingerprint density at radius 1 is 1.33 bits per heavy atom. The van der Waals surface area contributed by atoms with Crippen LogP contribution in [0.3, 0.4) is 0 Å². The fourth-order valence-corrected chi connectivity index (χ4v) is 2.63. The zero-order valence-electron chi connectivity index (χ0n) is 10.2. The number of benzene rings is 1. The average molecular weight is 266 g/mol. The summed E-state index contributed by atoms with van der Waals surface area (Å²) in [5.74, 6) is 0.556. The monoisotopic (exact) mass is 266 g/mol. The molecular formula is C12H14N2O3S. The van der Waals surface area contributed by atoms with E-state index in [1.807, 2.05) is 12.1 Å². The molecule has 1 aliphatic rings. The molecule has 0 bridgehead atoms. The van der Waals surface area contributed by atoms with Gasteiger partial charge in [-0.3, -0.25) is 14.5 Å². The maximum absolute atomic E-state index is 11.9. The maximum Gasteiger partial charge on any atom is 0.290 e. The van der Waals surface area contributed by atoms with Crippen LogP contribution < -0.4 is 10.1 Å². The van der Waals surface area contributed by atoms with Gasteiger partial charge in [-0.05, 0) is 43.0 Å². The molecule has 2 amide bonds. The summed E-state index contributed by atoms with van der Waals surface area (Å²) in [4.78, 5) is 24.6. The number of methoxy groups -OCH3 is 1. The van der Waals surface area contributed by atoms with E-state index in [9.17, 15) is 9.59 Å². The molecule has 18 heavy (non-hydrogen) atoms. The van der Waals surface area contributed by atoms with E-state index in [0.717, 1.165) is 23.2 Å². The van der Waals surface area contributed by atoms with Gasteiger partial charge in [0.05, 0.1) is 7.11 Å². The summed E-state index contributed by atoms with van der Waals surface area (Å²) in [5, 5.41) is 2.30. The van der Waals surface area contributed by atoms with Crippen LogP contribution in [0.4, 0.5) is 10.5 Å². The Morgan fingerprint density at radius 2 is 2.00 bits per heavy atom. The van der Waals surface area contributed by atoms with Crippen LogP contribution in [-0.4, -0.2) is 35.1 Å². The largest absolute Gasteiger partial charge is 0.497 e. The lowest BCUT2D eigenvalue weighted by Crippen LogP contribution is -2.34. The Morgan fingerprint density at radius 3 is 2.50 bits per heavy atom. The molecule has 0 spiro atoms. The van der Waals surface area contributed by atoms with Gasteiger partial charge in [-0.25, -0.2) is 0 Å². The first-order chi connectivity index (χ1) is 8.65. The minimum atomic E-state index is -0.536. The van der Waals surface area contributed by atoms with Crippen molar-refractivity contribution in [2.24, 2.45) is 0 Å². The number of hydrogen-bond donors (Lipinski definition) is 1. The quantitative estimate of drug-likeness (QED) is 0.905. The first kappa shape index (κ1) is 12.8. The second kappa shape index (κ2) is 5.30. The van der Waals surface area contributed by atoms with Gasteiger partial charge in [0, 0.05) is 12.2 Å². The summed E-state index contributed by atoms with van der Waals surface area (Å²) in [6, 6.07) is 7.22. The van der Waals surface area contributed by atoms with Crippen LogP contribution in [0.1, 0.15) is 6.92 Å². The molecule has 1 aromatic carbocycles. The van der Waals surface area contributed by atoms with Crippen LogP contribution in [0.25, 0.3) is 0 Å². The van der Waals surface area contributed by atoms with Crippen LogP contribution in [0, 0.1) is 0 Å². The topological polar surface area (TPSA) is 58.6 Å². The SMILES string of the molecule is CCN1C(=O)SC(Nc2ccc(OC)cc2)C1=O. The van der Waals surface area contributed by atoms with Gasteiger partial charge in [0.15, 0.2) is 5.37 Å². The lowest BCUT2D eigenvalue weighted by Gasteiger charge is -2.13. The van der Waals surface area contributed by atoms with Crippen LogP contribution in [0.5, 0.6) is 5.75 Å². The number of likely N-dealkylation sites (N-methyl/N-ethyl adjacent to an activating group) is 1. The number of nitrogens with zero attached hydrogens (tertiary/aromatic N) is 1. The number of rotatable bonds is 4. The molecule has 0 aromatic heterocycles. The van der Waals surface area contributed by atoms with Gasteiger partial charge in [0.1, 0.15) is 5.75 Å². The van der Waals surface area contributed by atoms with E-state index in [1.54, 1.807) is 26.2 Å². The van der Waals surface area contributed by atoms with Gasteiger partial charge in [0.2, 0.25) is 0 Å². The number of carbonyl (C=O) groups is 2. The molecule has 6 heteroatoms. The highest BCUT2D eigenvalue weighted by Crippen LogP contribution is 2.28. The van der Waals surface area contributed by atoms with E-state index in [4.69, 9.17) is 4.74 Å². The van der Waals surface area contributed by atoms with Crippen molar-refractivity contribution >= 4 is 28.6 Å². The maximum atomic E-state index is 11.9. The van der Waals surface area contributed by atoms with Crippen LogP contribution in [0.15, 0.2) is 24.3 Å². The summed E-state index contributed by atoms with van der Waals surface area (Å²) in [5.41, 5.74) is 0.785. The number of hydrogen-bond acceptors (Lipinski definition) is 5. The van der Waals surface area contributed by atoms with Gasteiger partial charge < -0.3 is 10.1 Å². The van der Waals surface area contributed by atoms with Gasteiger partial charge in [-0.1, -0.05) is 0 Å². The molecule has 1 N–H and O–H groups in total. The fraction of sp³-hybridized carbons (Fsp3) is 0.333. The molecule has 96 valence electrons. The second-order valence-electron chi connectivity index (χ2n) is 3.72. The zero-order valence-corrected chi connectivity index (χ0v) is 11.0. The van der Waals surface area contributed by atoms with E-state index < -0.39 is 5.37 Å². The smallest absolute Gasteiger partial charge is 0.290 e. The molecule has 1 aromatic rings. The molecule has 0 aliphatic carbocycles. The van der Waals surface area contributed by atoms with Crippen molar-refractivity contribution in [2.45, 2.75) is 12.3 Å². The number of anilines is 1. The second-order valence-corrected chi connectivity index (χ2v) is 4.78. The van der Waals surface area contributed by atoms with Crippen LogP contribution >= 0.6 is 11.8 Å². The van der Waals surface area contributed by atoms with Gasteiger partial charge >= 0.3 is 0 Å². The standard InChI is InChI=1S/C12H14N2O3S/c1-3-14-11(15)10(18-12(14)16)13-8-4-6-9(17-2)7-5-8/h4-7,10,13H,3H2,1-2H3. The molecule has 1 heterocycles. The first-order valence-electron chi connectivity index (χ1n) is 5.58. The summed E-state index contributed by atoms with van der Waals surface area (Å²) < 4.78 is 5.05. The minimum Gasteiger partial charge on any atom is -0.497 e. The highest BCUT2D eigenvalue weighted by atomic mass is 32.2. The van der Waals surface area contributed by atoms with E-state index in [-0.39, 0.29) is 11.1 Å². The zero-order chi connectivity index (χ0) is 13.1. The van der Waals surface area contributed by atoms with Gasteiger partial charge in [0.25, 0.3) is 11.1 Å². The minimum absolute atomic E-state index is 0.191. The summed E-state index contributed by atoms with van der Waals surface area (Å²) >= 11 is 1.01. The molecule has 0 radical (unpaired) electrons. The van der Waals surface area contributed by atoms with Crippen LogP contribution in [0.2, 0.25) is 0 Å². The predicted octanol–water partition coefficient (Wildman–Crippen LogP) is 2.15. The number of imide groups is 1. The Bertz CT molecular complexity index is 461. The molecule has 2 rings (SSSR count). The average Bonchev–Trinajstić information content (AvgIpc) is 2.65. The number of amides is 2. The molecule has 1 fully saturated rings. The third-order valence-electron chi connectivity index (χ3n) is 2.63. The Labute approximate surface area is 109 Å². The Hall–Kier alpha value is -1.69. The van der Waals surface area contributed by atoms with E-state index in [2.05, 4.69) is 5.32 Å². The van der Waals surface area contributed by atoms with Crippen molar-refractivity contribution in [3.63, 3.8) is 0 Å². The number of carbonyl (C=O) groups excluding carboxylic acids is 2. The lowest BCUT2D eigenvalue weighted by molar-refractivity contribution is -0.126. The van der Waals surface area contributed by atoms with E-state index >= 15 is 0 Å². The highest BCUT2D eigenvalue weighted by Gasteiger charge is 2.38. The third kappa shape index (κ3) is 2.43.